The van der Waals surface area contributed by atoms with Crippen LogP contribution >= 0.6 is 15.9 Å². The predicted octanol–water partition coefficient (Wildman–Crippen LogP) is 2.50. The zero-order valence-corrected chi connectivity index (χ0v) is 8.87. The molecule has 3 nitrogen and oxygen atoms in total. The smallest absolute Gasteiger partial charge is 0.151 e. The number of hydrogen-bond donors (Lipinski definition) is 0. The summed E-state index contributed by atoms with van der Waals surface area (Å²) in [5.74, 6) is 0.673. The van der Waals surface area contributed by atoms with E-state index in [1.165, 1.54) is 12.8 Å². The van der Waals surface area contributed by atoms with Crippen molar-refractivity contribution in [1.82, 2.24) is 15.0 Å². The van der Waals surface area contributed by atoms with Crippen molar-refractivity contribution in [1.29, 1.82) is 0 Å². The highest BCUT2D eigenvalue weighted by Gasteiger charge is 2.29. The molecule has 4 heteroatoms. The molecule has 12 heavy (non-hydrogen) atoms. The van der Waals surface area contributed by atoms with Crippen molar-refractivity contribution >= 4 is 15.9 Å². The molecule has 1 saturated carbocycles. The first-order chi connectivity index (χ1) is 5.68. The van der Waals surface area contributed by atoms with Gasteiger partial charge in [0.25, 0.3) is 0 Å². The van der Waals surface area contributed by atoms with Crippen LogP contribution in [0.3, 0.4) is 0 Å². The monoisotopic (exact) mass is 229 g/mol. The van der Waals surface area contributed by atoms with Crippen LogP contribution in [-0.4, -0.2) is 15.0 Å². The molecule has 0 bridgehead atoms. The molecule has 66 valence electrons. The molecule has 0 spiro atoms. The van der Waals surface area contributed by atoms with Crippen molar-refractivity contribution in [2.24, 2.45) is 0 Å². The number of aromatic nitrogens is 3. The Morgan fingerprint density at radius 3 is 2.50 bits per heavy atom. The molecule has 0 amide bonds. The molecular formula is C8H12BrN3. The molecular weight excluding hydrogens is 218 g/mol. The maximum Gasteiger partial charge on any atom is 0.151 e. The van der Waals surface area contributed by atoms with Gasteiger partial charge in [-0.05, 0) is 42.6 Å². The molecule has 1 aliphatic carbocycles. The zero-order valence-electron chi connectivity index (χ0n) is 7.29. The van der Waals surface area contributed by atoms with Gasteiger partial charge in [0.1, 0.15) is 5.69 Å². The van der Waals surface area contributed by atoms with Crippen molar-refractivity contribution in [3.05, 3.63) is 10.3 Å². The number of halogens is 1. The van der Waals surface area contributed by atoms with Gasteiger partial charge in [-0.3, -0.25) is 0 Å². The average Bonchev–Trinajstić information content (AvgIpc) is 2.75. The summed E-state index contributed by atoms with van der Waals surface area (Å²) < 4.78 is 0.929. The highest BCUT2D eigenvalue weighted by Crippen LogP contribution is 2.41. The maximum absolute atomic E-state index is 4.43. The van der Waals surface area contributed by atoms with E-state index in [9.17, 15) is 0 Å². The predicted molar refractivity (Wildman–Crippen MR) is 50.1 cm³/mol. The molecule has 0 saturated heterocycles. The molecule has 1 aromatic rings. The topological polar surface area (TPSA) is 30.7 Å². The third-order valence-corrected chi connectivity index (χ3v) is 2.60. The molecule has 0 aliphatic heterocycles. The Hall–Kier alpha value is -0.380. The average molecular weight is 230 g/mol. The van der Waals surface area contributed by atoms with Crippen LogP contribution in [0.25, 0.3) is 0 Å². The minimum absolute atomic E-state index is 0.355. The molecule has 0 radical (unpaired) electrons. The lowest BCUT2D eigenvalue weighted by Crippen LogP contribution is -2.04. The second kappa shape index (κ2) is 2.83. The van der Waals surface area contributed by atoms with E-state index in [1.807, 2.05) is 0 Å². The molecule has 0 aromatic carbocycles. The summed E-state index contributed by atoms with van der Waals surface area (Å²) in [7, 11) is 0. The van der Waals surface area contributed by atoms with Gasteiger partial charge < -0.3 is 0 Å². The van der Waals surface area contributed by atoms with E-state index in [0.29, 0.717) is 12.0 Å². The second-order valence-electron chi connectivity index (χ2n) is 3.56. The molecule has 0 unspecified atom stereocenters. The third kappa shape index (κ3) is 1.40. The quantitative estimate of drug-likeness (QED) is 0.781. The summed E-state index contributed by atoms with van der Waals surface area (Å²) in [5.41, 5.74) is 1.14. The van der Waals surface area contributed by atoms with Crippen LogP contribution < -0.4 is 0 Å². The van der Waals surface area contributed by atoms with Gasteiger partial charge >= 0.3 is 0 Å². The van der Waals surface area contributed by atoms with Crippen molar-refractivity contribution < 1.29 is 0 Å². The Labute approximate surface area is 80.3 Å². The molecule has 1 aromatic heterocycles. The maximum atomic E-state index is 4.43. The van der Waals surface area contributed by atoms with Gasteiger partial charge in [0, 0.05) is 5.92 Å². The molecule has 1 fully saturated rings. The van der Waals surface area contributed by atoms with Crippen LogP contribution in [0.4, 0.5) is 0 Å². The fourth-order valence-electron chi connectivity index (χ4n) is 1.15. The van der Waals surface area contributed by atoms with E-state index < -0.39 is 0 Å². The summed E-state index contributed by atoms with van der Waals surface area (Å²) in [4.78, 5) is 1.78. The Balaban J connectivity index is 2.30. The first-order valence-corrected chi connectivity index (χ1v) is 5.10. The number of rotatable bonds is 2. The standard InChI is InChI=1S/C8H12BrN3/c1-5(2)12-10-7(6-3-4-6)8(9)11-12/h5-6H,3-4H2,1-2H3. The Morgan fingerprint density at radius 2 is 2.08 bits per heavy atom. The van der Waals surface area contributed by atoms with E-state index in [2.05, 4.69) is 40.0 Å². The van der Waals surface area contributed by atoms with Gasteiger partial charge in [-0.2, -0.15) is 9.90 Å². The minimum atomic E-state index is 0.355. The van der Waals surface area contributed by atoms with Gasteiger partial charge in [0.2, 0.25) is 0 Å². The third-order valence-electron chi connectivity index (χ3n) is 2.04. The summed E-state index contributed by atoms with van der Waals surface area (Å²) in [6.45, 7) is 4.17. The van der Waals surface area contributed by atoms with E-state index in [1.54, 1.807) is 4.80 Å². The number of hydrogen-bond acceptors (Lipinski definition) is 2. The minimum Gasteiger partial charge on any atom is -0.181 e. The van der Waals surface area contributed by atoms with Crippen LogP contribution in [-0.2, 0) is 0 Å². The van der Waals surface area contributed by atoms with Crippen LogP contribution in [0, 0.1) is 0 Å². The van der Waals surface area contributed by atoms with Gasteiger partial charge in [-0.25, -0.2) is 0 Å². The summed E-state index contributed by atoms with van der Waals surface area (Å²) >= 11 is 3.43. The fraction of sp³-hybridized carbons (Fsp3) is 0.750. The summed E-state index contributed by atoms with van der Waals surface area (Å²) in [5, 5.41) is 8.72. The second-order valence-corrected chi connectivity index (χ2v) is 4.32. The molecule has 0 N–H and O–H groups in total. The van der Waals surface area contributed by atoms with Gasteiger partial charge in [-0.15, -0.1) is 5.10 Å². The fourth-order valence-corrected chi connectivity index (χ4v) is 1.72. The lowest BCUT2D eigenvalue weighted by Gasteiger charge is -2.00. The lowest BCUT2D eigenvalue weighted by molar-refractivity contribution is 0.461. The van der Waals surface area contributed by atoms with E-state index in [4.69, 9.17) is 0 Å². The molecule has 1 heterocycles. The Morgan fingerprint density at radius 1 is 1.42 bits per heavy atom. The van der Waals surface area contributed by atoms with Crippen LogP contribution in [0.2, 0.25) is 0 Å². The molecule has 0 atom stereocenters. The van der Waals surface area contributed by atoms with E-state index in [-0.39, 0.29) is 0 Å². The molecule has 1 aliphatic rings. The highest BCUT2D eigenvalue weighted by molar-refractivity contribution is 9.10. The van der Waals surface area contributed by atoms with Gasteiger partial charge in [0.05, 0.1) is 6.04 Å². The normalized spacial score (nSPS) is 17.3. The largest absolute Gasteiger partial charge is 0.181 e. The van der Waals surface area contributed by atoms with Crippen molar-refractivity contribution in [3.8, 4) is 0 Å². The van der Waals surface area contributed by atoms with Gasteiger partial charge in [0.15, 0.2) is 4.60 Å². The SMILES string of the molecule is CC(C)n1nc(Br)c(C2CC2)n1. The summed E-state index contributed by atoms with van der Waals surface area (Å²) in [6.07, 6.45) is 2.55. The van der Waals surface area contributed by atoms with Crippen molar-refractivity contribution in [2.45, 2.75) is 38.6 Å². The zero-order chi connectivity index (χ0) is 8.72. The highest BCUT2D eigenvalue weighted by atomic mass is 79.9. The van der Waals surface area contributed by atoms with Crippen LogP contribution in [0.5, 0.6) is 0 Å². The first-order valence-electron chi connectivity index (χ1n) is 4.30. The molecule has 2 rings (SSSR count). The van der Waals surface area contributed by atoms with Gasteiger partial charge in [-0.1, -0.05) is 0 Å². The van der Waals surface area contributed by atoms with Crippen LogP contribution in [0.15, 0.2) is 4.60 Å². The lowest BCUT2D eigenvalue weighted by atomic mass is 10.3. The number of nitrogens with zero attached hydrogens (tertiary/aromatic N) is 3. The Bertz CT molecular complexity index is 288. The van der Waals surface area contributed by atoms with Crippen LogP contribution in [0.1, 0.15) is 44.3 Å². The Kier molecular flexibility index (Phi) is 1.94. The van der Waals surface area contributed by atoms with Crippen molar-refractivity contribution in [3.63, 3.8) is 0 Å². The van der Waals surface area contributed by atoms with E-state index in [0.717, 1.165) is 10.3 Å². The summed E-state index contributed by atoms with van der Waals surface area (Å²) in [6, 6.07) is 0.355. The van der Waals surface area contributed by atoms with E-state index >= 15 is 0 Å². The van der Waals surface area contributed by atoms with Crippen molar-refractivity contribution in [2.75, 3.05) is 0 Å². The first kappa shape index (κ1) is 8.23.